The van der Waals surface area contributed by atoms with Crippen LogP contribution in [-0.4, -0.2) is 0 Å². The maximum Gasteiger partial charge on any atom is 0.140 e. The van der Waals surface area contributed by atoms with Crippen molar-refractivity contribution in [2.24, 2.45) is 0 Å². The number of nitriles is 1. The maximum atomic E-state index is 13.2. The average molecular weight is 258 g/mol. The van der Waals surface area contributed by atoms with Gasteiger partial charge in [0.05, 0.1) is 6.07 Å². The number of anilines is 1. The lowest BCUT2D eigenvalue weighted by Gasteiger charge is -2.15. The molecule has 0 aliphatic heterocycles. The first-order valence-corrected chi connectivity index (χ1v) is 5.78. The third kappa shape index (κ3) is 3.08. The summed E-state index contributed by atoms with van der Waals surface area (Å²) in [5.74, 6) is -0.734. The number of halogens is 2. The highest BCUT2D eigenvalue weighted by molar-refractivity contribution is 5.48. The van der Waals surface area contributed by atoms with Gasteiger partial charge in [0.25, 0.3) is 0 Å². The van der Waals surface area contributed by atoms with E-state index in [1.54, 1.807) is 6.07 Å². The zero-order valence-corrected chi connectivity index (χ0v) is 10.3. The van der Waals surface area contributed by atoms with E-state index in [1.165, 1.54) is 36.4 Å². The molecule has 1 atom stereocenters. The fraction of sp³-hybridized carbons (Fsp3) is 0.133. The first-order valence-electron chi connectivity index (χ1n) is 5.78. The molecule has 2 aromatic rings. The summed E-state index contributed by atoms with van der Waals surface area (Å²) in [5.41, 5.74) is 2.01. The van der Waals surface area contributed by atoms with Gasteiger partial charge in [0, 0.05) is 5.69 Å². The minimum Gasteiger partial charge on any atom is -0.366 e. The zero-order valence-electron chi connectivity index (χ0n) is 10.3. The largest absolute Gasteiger partial charge is 0.366 e. The van der Waals surface area contributed by atoms with E-state index >= 15 is 0 Å². The Morgan fingerprint density at radius 2 is 1.68 bits per heavy atom. The topological polar surface area (TPSA) is 35.8 Å². The Balaban J connectivity index is 2.28. The van der Waals surface area contributed by atoms with Crippen LogP contribution in [0.25, 0.3) is 0 Å². The Kier molecular flexibility index (Phi) is 3.76. The number of nitrogens with one attached hydrogen (secondary N) is 1. The van der Waals surface area contributed by atoms with Crippen LogP contribution in [0.4, 0.5) is 14.5 Å². The monoisotopic (exact) mass is 258 g/mol. The van der Waals surface area contributed by atoms with Gasteiger partial charge in [-0.05, 0) is 54.4 Å². The third-order valence-corrected chi connectivity index (χ3v) is 2.84. The molecule has 0 aliphatic carbocycles. The highest BCUT2D eigenvalue weighted by Gasteiger charge is 2.13. The summed E-state index contributed by atoms with van der Waals surface area (Å²) in [5, 5.41) is 12.1. The van der Waals surface area contributed by atoms with Crippen LogP contribution < -0.4 is 5.32 Å². The summed E-state index contributed by atoms with van der Waals surface area (Å²) in [7, 11) is 0. The SMILES string of the molecule is Cc1ccc(F)cc1C(C#N)Nc1ccc(F)cc1. The highest BCUT2D eigenvalue weighted by atomic mass is 19.1. The molecule has 0 saturated carbocycles. The highest BCUT2D eigenvalue weighted by Crippen LogP contribution is 2.23. The van der Waals surface area contributed by atoms with Gasteiger partial charge in [-0.1, -0.05) is 6.07 Å². The van der Waals surface area contributed by atoms with E-state index in [4.69, 9.17) is 0 Å². The van der Waals surface area contributed by atoms with Crippen LogP contribution in [0.2, 0.25) is 0 Å². The molecular weight excluding hydrogens is 246 g/mol. The molecule has 0 aromatic heterocycles. The van der Waals surface area contributed by atoms with Crippen molar-refractivity contribution in [2.75, 3.05) is 5.32 Å². The Morgan fingerprint density at radius 1 is 1.05 bits per heavy atom. The van der Waals surface area contributed by atoms with Crippen molar-refractivity contribution in [1.82, 2.24) is 0 Å². The van der Waals surface area contributed by atoms with E-state index in [9.17, 15) is 14.0 Å². The summed E-state index contributed by atoms with van der Waals surface area (Å²) >= 11 is 0. The number of benzene rings is 2. The molecule has 0 saturated heterocycles. The summed E-state index contributed by atoms with van der Waals surface area (Å²) in [6, 6.07) is 11.4. The molecule has 2 nitrogen and oxygen atoms in total. The zero-order chi connectivity index (χ0) is 13.8. The Bertz CT molecular complexity index is 615. The van der Waals surface area contributed by atoms with E-state index in [1.807, 2.05) is 6.92 Å². The van der Waals surface area contributed by atoms with Gasteiger partial charge in [-0.25, -0.2) is 8.78 Å². The average Bonchev–Trinajstić information content (AvgIpc) is 2.41. The first kappa shape index (κ1) is 13.0. The van der Waals surface area contributed by atoms with Crippen molar-refractivity contribution in [3.8, 4) is 6.07 Å². The molecule has 0 fully saturated rings. The lowest BCUT2D eigenvalue weighted by atomic mass is 10.0. The van der Waals surface area contributed by atoms with Crippen LogP contribution in [-0.2, 0) is 0 Å². The standard InChI is InChI=1S/C15H12F2N2/c1-10-2-3-12(17)8-14(10)15(9-18)19-13-6-4-11(16)5-7-13/h2-8,15,19H,1H3. The summed E-state index contributed by atoms with van der Waals surface area (Å²) in [6.07, 6.45) is 0. The molecule has 19 heavy (non-hydrogen) atoms. The van der Waals surface area contributed by atoms with Gasteiger partial charge in [0.15, 0.2) is 0 Å². The van der Waals surface area contributed by atoms with Crippen molar-refractivity contribution >= 4 is 5.69 Å². The molecule has 4 heteroatoms. The van der Waals surface area contributed by atoms with Gasteiger partial charge in [0.1, 0.15) is 17.7 Å². The van der Waals surface area contributed by atoms with Crippen LogP contribution in [0.5, 0.6) is 0 Å². The van der Waals surface area contributed by atoms with Crippen LogP contribution >= 0.6 is 0 Å². The van der Waals surface area contributed by atoms with E-state index in [0.717, 1.165) is 5.56 Å². The number of hydrogen-bond acceptors (Lipinski definition) is 2. The quantitative estimate of drug-likeness (QED) is 0.904. The summed E-state index contributed by atoms with van der Waals surface area (Å²) < 4.78 is 26.1. The van der Waals surface area contributed by atoms with E-state index in [-0.39, 0.29) is 11.6 Å². The number of hydrogen-bond donors (Lipinski definition) is 1. The van der Waals surface area contributed by atoms with Crippen molar-refractivity contribution in [3.05, 3.63) is 65.2 Å². The predicted molar refractivity (Wildman–Crippen MR) is 69.5 cm³/mol. The molecule has 1 unspecified atom stereocenters. The van der Waals surface area contributed by atoms with Gasteiger partial charge >= 0.3 is 0 Å². The minimum absolute atomic E-state index is 0.346. The lowest BCUT2D eigenvalue weighted by Crippen LogP contribution is -2.10. The van der Waals surface area contributed by atoms with Gasteiger partial charge in [-0.3, -0.25) is 0 Å². The molecule has 0 spiro atoms. The van der Waals surface area contributed by atoms with Crippen LogP contribution in [0.15, 0.2) is 42.5 Å². The number of nitrogens with zero attached hydrogens (tertiary/aromatic N) is 1. The van der Waals surface area contributed by atoms with Crippen molar-refractivity contribution in [3.63, 3.8) is 0 Å². The van der Waals surface area contributed by atoms with Crippen LogP contribution in [0.1, 0.15) is 17.2 Å². The Hall–Kier alpha value is -2.41. The smallest absolute Gasteiger partial charge is 0.140 e. The first-order chi connectivity index (χ1) is 9.10. The van der Waals surface area contributed by atoms with E-state index < -0.39 is 6.04 Å². The molecule has 0 bridgehead atoms. The van der Waals surface area contributed by atoms with Crippen molar-refractivity contribution in [1.29, 1.82) is 5.26 Å². The van der Waals surface area contributed by atoms with E-state index in [0.29, 0.717) is 11.3 Å². The predicted octanol–water partition coefficient (Wildman–Crippen LogP) is 3.95. The summed E-state index contributed by atoms with van der Waals surface area (Å²) in [4.78, 5) is 0. The molecule has 0 aliphatic rings. The molecule has 1 N–H and O–H groups in total. The van der Waals surface area contributed by atoms with Gasteiger partial charge in [0.2, 0.25) is 0 Å². The minimum atomic E-state index is -0.679. The van der Waals surface area contributed by atoms with Gasteiger partial charge in [-0.2, -0.15) is 5.26 Å². The van der Waals surface area contributed by atoms with Gasteiger partial charge < -0.3 is 5.32 Å². The van der Waals surface area contributed by atoms with Crippen molar-refractivity contribution < 1.29 is 8.78 Å². The molecule has 0 radical (unpaired) electrons. The number of aryl methyl sites for hydroxylation is 1. The molecule has 0 amide bonds. The molecule has 96 valence electrons. The normalized spacial score (nSPS) is 11.7. The van der Waals surface area contributed by atoms with Crippen LogP contribution in [0.3, 0.4) is 0 Å². The van der Waals surface area contributed by atoms with Gasteiger partial charge in [-0.15, -0.1) is 0 Å². The van der Waals surface area contributed by atoms with E-state index in [2.05, 4.69) is 11.4 Å². The van der Waals surface area contributed by atoms with Crippen LogP contribution in [0, 0.1) is 29.9 Å². The number of rotatable bonds is 3. The maximum absolute atomic E-state index is 13.2. The second-order valence-corrected chi connectivity index (χ2v) is 4.21. The molecule has 2 aromatic carbocycles. The second-order valence-electron chi connectivity index (χ2n) is 4.21. The fourth-order valence-electron chi connectivity index (χ4n) is 1.81. The fourth-order valence-corrected chi connectivity index (χ4v) is 1.81. The lowest BCUT2D eigenvalue weighted by molar-refractivity contribution is 0.624. The Morgan fingerprint density at radius 3 is 2.32 bits per heavy atom. The molecule has 0 heterocycles. The third-order valence-electron chi connectivity index (χ3n) is 2.84. The van der Waals surface area contributed by atoms with Crippen molar-refractivity contribution in [2.45, 2.75) is 13.0 Å². The Labute approximate surface area is 110 Å². The summed E-state index contributed by atoms with van der Waals surface area (Å²) in [6.45, 7) is 1.81. The molecule has 2 rings (SSSR count). The molecular formula is C15H12F2N2. The second kappa shape index (κ2) is 5.49.